The summed E-state index contributed by atoms with van der Waals surface area (Å²) >= 11 is 0. The first-order valence-electron chi connectivity index (χ1n) is 6.16. The first-order chi connectivity index (χ1) is 7.56. The van der Waals surface area contributed by atoms with Crippen LogP contribution in [-0.2, 0) is 4.74 Å². The summed E-state index contributed by atoms with van der Waals surface area (Å²) in [5.41, 5.74) is 0.250. The molecule has 0 amide bonds. The topological polar surface area (TPSA) is 45.7 Å². The third kappa shape index (κ3) is 4.39. The second-order valence-electron chi connectivity index (χ2n) is 5.27. The molecule has 1 fully saturated rings. The highest BCUT2D eigenvalue weighted by Crippen LogP contribution is 2.26. The highest BCUT2D eigenvalue weighted by atomic mass is 16.5. The van der Waals surface area contributed by atoms with Gasteiger partial charge in [-0.05, 0) is 12.8 Å². The van der Waals surface area contributed by atoms with Crippen LogP contribution in [0.2, 0.25) is 0 Å². The molecule has 4 heteroatoms. The SMILES string of the molecule is CCNC(=NCC1(C)COC1)NCC(C)C. The van der Waals surface area contributed by atoms with Crippen LogP contribution in [0.5, 0.6) is 0 Å². The minimum atomic E-state index is 0.250. The van der Waals surface area contributed by atoms with Gasteiger partial charge in [0.15, 0.2) is 5.96 Å². The van der Waals surface area contributed by atoms with Crippen LogP contribution in [0.4, 0.5) is 0 Å². The fraction of sp³-hybridized carbons (Fsp3) is 0.917. The van der Waals surface area contributed by atoms with E-state index in [-0.39, 0.29) is 5.41 Å². The second kappa shape index (κ2) is 6.09. The van der Waals surface area contributed by atoms with Crippen molar-refractivity contribution in [2.45, 2.75) is 27.7 Å². The summed E-state index contributed by atoms with van der Waals surface area (Å²) in [6, 6.07) is 0. The summed E-state index contributed by atoms with van der Waals surface area (Å²) in [6.45, 7) is 13.0. The van der Waals surface area contributed by atoms with Crippen molar-refractivity contribution < 1.29 is 4.74 Å². The van der Waals surface area contributed by atoms with Crippen LogP contribution in [0.3, 0.4) is 0 Å². The zero-order valence-corrected chi connectivity index (χ0v) is 11.0. The van der Waals surface area contributed by atoms with Gasteiger partial charge in [-0.15, -0.1) is 0 Å². The maximum absolute atomic E-state index is 5.22. The van der Waals surface area contributed by atoms with E-state index in [4.69, 9.17) is 4.74 Å². The molecule has 1 aliphatic rings. The lowest BCUT2D eigenvalue weighted by Gasteiger charge is -2.36. The van der Waals surface area contributed by atoms with Crippen LogP contribution >= 0.6 is 0 Å². The Morgan fingerprint density at radius 2 is 2.06 bits per heavy atom. The van der Waals surface area contributed by atoms with Crippen molar-refractivity contribution >= 4 is 5.96 Å². The first kappa shape index (κ1) is 13.3. The Balaban J connectivity index is 2.38. The highest BCUT2D eigenvalue weighted by molar-refractivity contribution is 5.79. The van der Waals surface area contributed by atoms with Crippen molar-refractivity contribution in [3.63, 3.8) is 0 Å². The summed E-state index contributed by atoms with van der Waals surface area (Å²) < 4.78 is 5.22. The molecule has 0 saturated carbocycles. The van der Waals surface area contributed by atoms with Crippen LogP contribution in [-0.4, -0.2) is 38.8 Å². The molecule has 0 spiro atoms. The maximum Gasteiger partial charge on any atom is 0.191 e. The summed E-state index contributed by atoms with van der Waals surface area (Å²) in [6.07, 6.45) is 0. The number of ether oxygens (including phenoxy) is 1. The number of hydrogen-bond donors (Lipinski definition) is 2. The number of nitrogens with one attached hydrogen (secondary N) is 2. The molecular formula is C12H25N3O. The van der Waals surface area contributed by atoms with E-state index in [2.05, 4.69) is 43.3 Å². The van der Waals surface area contributed by atoms with Crippen molar-refractivity contribution in [3.05, 3.63) is 0 Å². The monoisotopic (exact) mass is 227 g/mol. The molecule has 1 saturated heterocycles. The normalized spacial score (nSPS) is 19.4. The van der Waals surface area contributed by atoms with Gasteiger partial charge in [0.1, 0.15) is 0 Å². The molecule has 0 atom stereocenters. The summed E-state index contributed by atoms with van der Waals surface area (Å²) in [7, 11) is 0. The zero-order chi connectivity index (χ0) is 12.0. The molecule has 0 radical (unpaired) electrons. The zero-order valence-electron chi connectivity index (χ0n) is 11.0. The number of aliphatic imine (C=N–C) groups is 1. The molecule has 1 heterocycles. The number of nitrogens with zero attached hydrogens (tertiary/aromatic N) is 1. The van der Waals surface area contributed by atoms with E-state index in [9.17, 15) is 0 Å². The smallest absolute Gasteiger partial charge is 0.191 e. The molecular weight excluding hydrogens is 202 g/mol. The van der Waals surface area contributed by atoms with E-state index in [1.165, 1.54) is 0 Å². The summed E-state index contributed by atoms with van der Waals surface area (Å²) in [5.74, 6) is 1.55. The van der Waals surface area contributed by atoms with Crippen LogP contribution < -0.4 is 10.6 Å². The molecule has 1 rings (SSSR count). The third-order valence-electron chi connectivity index (χ3n) is 2.54. The molecule has 0 aromatic carbocycles. The Morgan fingerprint density at radius 3 is 2.50 bits per heavy atom. The molecule has 0 unspecified atom stereocenters. The Labute approximate surface area is 98.9 Å². The van der Waals surface area contributed by atoms with Crippen molar-refractivity contribution in [1.29, 1.82) is 0 Å². The van der Waals surface area contributed by atoms with Gasteiger partial charge in [-0.3, -0.25) is 4.99 Å². The third-order valence-corrected chi connectivity index (χ3v) is 2.54. The van der Waals surface area contributed by atoms with Crippen LogP contribution in [0.1, 0.15) is 27.7 Å². The van der Waals surface area contributed by atoms with E-state index < -0.39 is 0 Å². The largest absolute Gasteiger partial charge is 0.380 e. The molecule has 2 N–H and O–H groups in total. The Hall–Kier alpha value is -0.770. The Morgan fingerprint density at radius 1 is 1.38 bits per heavy atom. The van der Waals surface area contributed by atoms with Crippen LogP contribution in [0.15, 0.2) is 4.99 Å². The van der Waals surface area contributed by atoms with E-state index in [1.54, 1.807) is 0 Å². The van der Waals surface area contributed by atoms with E-state index >= 15 is 0 Å². The number of rotatable bonds is 5. The fourth-order valence-electron chi connectivity index (χ4n) is 1.45. The molecule has 0 aromatic rings. The first-order valence-corrected chi connectivity index (χ1v) is 6.16. The molecule has 16 heavy (non-hydrogen) atoms. The summed E-state index contributed by atoms with van der Waals surface area (Å²) in [4.78, 5) is 4.59. The molecule has 4 nitrogen and oxygen atoms in total. The lowest BCUT2D eigenvalue weighted by molar-refractivity contribution is -0.0945. The van der Waals surface area contributed by atoms with Gasteiger partial charge in [-0.1, -0.05) is 20.8 Å². The van der Waals surface area contributed by atoms with E-state index in [0.717, 1.165) is 38.8 Å². The minimum Gasteiger partial charge on any atom is -0.380 e. The predicted octanol–water partition coefficient (Wildman–Crippen LogP) is 1.23. The fourth-order valence-corrected chi connectivity index (χ4v) is 1.45. The van der Waals surface area contributed by atoms with Crippen molar-refractivity contribution in [3.8, 4) is 0 Å². The molecule has 94 valence electrons. The number of guanidine groups is 1. The summed E-state index contributed by atoms with van der Waals surface area (Å²) in [5, 5.41) is 6.60. The number of hydrogen-bond acceptors (Lipinski definition) is 2. The molecule has 0 aromatic heterocycles. The molecule has 1 aliphatic heterocycles. The van der Waals surface area contributed by atoms with E-state index in [1.807, 2.05) is 0 Å². The second-order valence-corrected chi connectivity index (χ2v) is 5.27. The van der Waals surface area contributed by atoms with Gasteiger partial charge in [0.2, 0.25) is 0 Å². The van der Waals surface area contributed by atoms with Gasteiger partial charge >= 0.3 is 0 Å². The van der Waals surface area contributed by atoms with Crippen LogP contribution in [0.25, 0.3) is 0 Å². The average molecular weight is 227 g/mol. The van der Waals surface area contributed by atoms with Crippen molar-refractivity contribution in [2.75, 3.05) is 32.8 Å². The Bertz CT molecular complexity index is 234. The standard InChI is InChI=1S/C12H25N3O/c1-5-13-11(14-6-10(2)3)15-7-12(4)8-16-9-12/h10H,5-9H2,1-4H3,(H2,13,14,15). The maximum atomic E-state index is 5.22. The predicted molar refractivity (Wildman–Crippen MR) is 67.7 cm³/mol. The Kier molecular flexibility index (Phi) is 5.06. The van der Waals surface area contributed by atoms with Gasteiger partial charge < -0.3 is 15.4 Å². The van der Waals surface area contributed by atoms with Crippen molar-refractivity contribution in [1.82, 2.24) is 10.6 Å². The van der Waals surface area contributed by atoms with Crippen LogP contribution in [0, 0.1) is 11.3 Å². The van der Waals surface area contributed by atoms with Crippen molar-refractivity contribution in [2.24, 2.45) is 16.3 Å². The lowest BCUT2D eigenvalue weighted by Crippen LogP contribution is -2.44. The molecule has 0 aliphatic carbocycles. The molecule has 0 bridgehead atoms. The van der Waals surface area contributed by atoms with Gasteiger partial charge in [-0.25, -0.2) is 0 Å². The highest BCUT2D eigenvalue weighted by Gasteiger charge is 2.33. The van der Waals surface area contributed by atoms with E-state index in [0.29, 0.717) is 5.92 Å². The lowest BCUT2D eigenvalue weighted by atomic mass is 9.89. The average Bonchev–Trinajstić information content (AvgIpc) is 2.19. The minimum absolute atomic E-state index is 0.250. The van der Waals surface area contributed by atoms with Gasteiger partial charge in [0, 0.05) is 18.5 Å². The van der Waals surface area contributed by atoms with Gasteiger partial charge in [0.25, 0.3) is 0 Å². The quantitative estimate of drug-likeness (QED) is 0.548. The van der Waals surface area contributed by atoms with Gasteiger partial charge in [0.05, 0.1) is 19.8 Å². The van der Waals surface area contributed by atoms with Gasteiger partial charge in [-0.2, -0.15) is 0 Å².